The number of carbonyl (C=O) groups is 4. The van der Waals surface area contributed by atoms with E-state index in [9.17, 15) is 19.2 Å². The maximum atomic E-state index is 12.3. The zero-order valence-electron chi connectivity index (χ0n) is 12.9. The molecule has 0 aromatic heterocycles. The molecule has 8 heteroatoms. The predicted octanol–water partition coefficient (Wildman–Crippen LogP) is -0.773. The molecule has 2 N–H and O–H groups in total. The van der Waals surface area contributed by atoms with E-state index in [1.165, 1.54) is 7.05 Å². The van der Waals surface area contributed by atoms with Crippen molar-refractivity contribution in [2.45, 2.75) is 20.3 Å². The molecule has 0 radical (unpaired) electrons. The second-order valence-corrected chi connectivity index (χ2v) is 4.54. The van der Waals surface area contributed by atoms with Crippen LogP contribution < -0.4 is 10.6 Å². The largest absolute Gasteiger partial charge is 0.467 e. The summed E-state index contributed by atoms with van der Waals surface area (Å²) in [4.78, 5) is 48.2. The Labute approximate surface area is 123 Å². The van der Waals surface area contributed by atoms with E-state index in [1.807, 2.05) is 13.8 Å². The molecule has 0 aromatic rings. The molecule has 21 heavy (non-hydrogen) atoms. The van der Waals surface area contributed by atoms with E-state index in [0.717, 1.165) is 20.6 Å². The van der Waals surface area contributed by atoms with Crippen LogP contribution in [0.3, 0.4) is 0 Å². The van der Waals surface area contributed by atoms with E-state index in [1.54, 1.807) is 0 Å². The molecule has 1 atom stereocenters. The van der Waals surface area contributed by atoms with Gasteiger partial charge >= 0.3 is 17.4 Å². The van der Waals surface area contributed by atoms with Gasteiger partial charge in [0.05, 0.1) is 14.2 Å². The van der Waals surface area contributed by atoms with E-state index in [2.05, 4.69) is 20.1 Å². The SMILES string of the molecule is CCC(C)CNC(=O)C(C(=O)NC)(C(=O)OC)C(=O)OC. The number of rotatable bonds is 7. The van der Waals surface area contributed by atoms with Gasteiger partial charge in [-0.3, -0.25) is 9.59 Å². The van der Waals surface area contributed by atoms with Gasteiger partial charge in [0.2, 0.25) is 0 Å². The van der Waals surface area contributed by atoms with Crippen LogP contribution in [0.25, 0.3) is 0 Å². The first-order valence-corrected chi connectivity index (χ1v) is 6.50. The van der Waals surface area contributed by atoms with Gasteiger partial charge in [-0.15, -0.1) is 0 Å². The number of ether oxygens (including phenoxy) is 2. The lowest BCUT2D eigenvalue weighted by atomic mass is 9.85. The number of carbonyl (C=O) groups excluding carboxylic acids is 4. The molecule has 0 saturated heterocycles. The van der Waals surface area contributed by atoms with E-state index in [0.29, 0.717) is 0 Å². The molecule has 0 rings (SSSR count). The number of nitrogens with one attached hydrogen (secondary N) is 2. The minimum atomic E-state index is -2.70. The highest BCUT2D eigenvalue weighted by Gasteiger charge is 2.61. The number of esters is 2. The highest BCUT2D eigenvalue weighted by Crippen LogP contribution is 2.23. The lowest BCUT2D eigenvalue weighted by molar-refractivity contribution is -0.175. The highest BCUT2D eigenvalue weighted by molar-refractivity contribution is 6.35. The van der Waals surface area contributed by atoms with Gasteiger partial charge in [0.15, 0.2) is 0 Å². The Balaban J connectivity index is 5.65. The second-order valence-electron chi connectivity index (χ2n) is 4.54. The number of hydrogen-bond donors (Lipinski definition) is 2. The van der Waals surface area contributed by atoms with Crippen LogP contribution in [0.2, 0.25) is 0 Å². The maximum Gasteiger partial charge on any atom is 0.343 e. The van der Waals surface area contributed by atoms with Gasteiger partial charge in [-0.2, -0.15) is 0 Å². The van der Waals surface area contributed by atoms with Crippen molar-refractivity contribution >= 4 is 23.8 Å². The Bertz CT molecular complexity index is 380. The molecule has 1 unspecified atom stereocenters. The Hall–Kier alpha value is -2.12. The molecule has 0 aliphatic carbocycles. The lowest BCUT2D eigenvalue weighted by Gasteiger charge is -2.25. The minimum absolute atomic E-state index is 0.117. The normalized spacial score (nSPS) is 12.0. The van der Waals surface area contributed by atoms with Crippen molar-refractivity contribution in [3.63, 3.8) is 0 Å². The average Bonchev–Trinajstić information content (AvgIpc) is 2.51. The van der Waals surface area contributed by atoms with Crippen molar-refractivity contribution in [1.29, 1.82) is 0 Å². The first-order valence-electron chi connectivity index (χ1n) is 6.50. The van der Waals surface area contributed by atoms with Crippen LogP contribution in [0.15, 0.2) is 0 Å². The molecule has 2 amide bonds. The molecule has 0 aliphatic rings. The second kappa shape index (κ2) is 8.23. The summed E-state index contributed by atoms with van der Waals surface area (Å²) < 4.78 is 8.91. The molecule has 0 saturated carbocycles. The molecular weight excluding hydrogens is 280 g/mol. The van der Waals surface area contributed by atoms with Crippen LogP contribution in [0, 0.1) is 11.3 Å². The van der Waals surface area contributed by atoms with E-state index in [-0.39, 0.29) is 12.5 Å². The summed E-state index contributed by atoms with van der Waals surface area (Å²) in [5.74, 6) is -4.65. The van der Waals surface area contributed by atoms with Crippen LogP contribution in [-0.2, 0) is 28.7 Å². The molecule has 0 heterocycles. The molecule has 8 nitrogen and oxygen atoms in total. The first kappa shape index (κ1) is 18.9. The summed E-state index contributed by atoms with van der Waals surface area (Å²) in [5.41, 5.74) is -2.70. The van der Waals surface area contributed by atoms with E-state index in [4.69, 9.17) is 0 Å². The lowest BCUT2D eigenvalue weighted by Crippen LogP contribution is -2.61. The van der Waals surface area contributed by atoms with Crippen molar-refractivity contribution in [2.75, 3.05) is 27.8 Å². The smallest absolute Gasteiger partial charge is 0.343 e. The Kier molecular flexibility index (Phi) is 7.40. The van der Waals surface area contributed by atoms with Crippen LogP contribution in [0.4, 0.5) is 0 Å². The third-order valence-electron chi connectivity index (χ3n) is 3.20. The van der Waals surface area contributed by atoms with Crippen LogP contribution >= 0.6 is 0 Å². The average molecular weight is 302 g/mol. The van der Waals surface area contributed by atoms with Crippen molar-refractivity contribution in [3.8, 4) is 0 Å². The molecular formula is C13H22N2O6. The fourth-order valence-electron chi connectivity index (χ4n) is 1.59. The molecule has 120 valence electrons. The monoisotopic (exact) mass is 302 g/mol. The molecule has 0 aliphatic heterocycles. The zero-order chi connectivity index (χ0) is 16.6. The highest BCUT2D eigenvalue weighted by atomic mass is 16.5. The maximum absolute atomic E-state index is 12.3. The molecule has 0 aromatic carbocycles. The van der Waals surface area contributed by atoms with Crippen molar-refractivity contribution in [3.05, 3.63) is 0 Å². The topological polar surface area (TPSA) is 111 Å². The molecule has 0 spiro atoms. The van der Waals surface area contributed by atoms with E-state index < -0.39 is 29.2 Å². The van der Waals surface area contributed by atoms with Gasteiger partial charge in [-0.25, -0.2) is 9.59 Å². The van der Waals surface area contributed by atoms with Gasteiger partial charge < -0.3 is 20.1 Å². The summed E-state index contributed by atoms with van der Waals surface area (Å²) in [6.45, 7) is 4.00. The van der Waals surface area contributed by atoms with Crippen molar-refractivity contribution < 1.29 is 28.7 Å². The molecule has 0 bridgehead atoms. The summed E-state index contributed by atoms with van der Waals surface area (Å²) in [5, 5.41) is 4.54. The van der Waals surface area contributed by atoms with Gasteiger partial charge in [0.1, 0.15) is 0 Å². The number of hydrogen-bond acceptors (Lipinski definition) is 6. The quantitative estimate of drug-likeness (QED) is 0.472. The van der Waals surface area contributed by atoms with Gasteiger partial charge in [0.25, 0.3) is 11.8 Å². The fourth-order valence-corrected chi connectivity index (χ4v) is 1.59. The fraction of sp³-hybridized carbons (Fsp3) is 0.692. The predicted molar refractivity (Wildman–Crippen MR) is 73.0 cm³/mol. The van der Waals surface area contributed by atoms with Crippen molar-refractivity contribution in [1.82, 2.24) is 10.6 Å². The van der Waals surface area contributed by atoms with Crippen LogP contribution in [0.1, 0.15) is 20.3 Å². The third-order valence-corrected chi connectivity index (χ3v) is 3.20. The number of amides is 2. The molecule has 0 fully saturated rings. The van der Waals surface area contributed by atoms with Crippen molar-refractivity contribution in [2.24, 2.45) is 11.3 Å². The Morgan fingerprint density at radius 1 is 1.05 bits per heavy atom. The van der Waals surface area contributed by atoms with Gasteiger partial charge in [0, 0.05) is 13.6 Å². The summed E-state index contributed by atoms with van der Waals surface area (Å²) in [7, 11) is 3.15. The van der Waals surface area contributed by atoms with Crippen LogP contribution in [0.5, 0.6) is 0 Å². The Morgan fingerprint density at radius 3 is 1.86 bits per heavy atom. The van der Waals surface area contributed by atoms with Gasteiger partial charge in [-0.1, -0.05) is 20.3 Å². The minimum Gasteiger partial charge on any atom is -0.467 e. The Morgan fingerprint density at radius 2 is 1.52 bits per heavy atom. The van der Waals surface area contributed by atoms with E-state index >= 15 is 0 Å². The standard InChI is InChI=1S/C13H22N2O6/c1-6-8(2)7-15-10(17)13(9(16)14-3,11(18)20-4)12(19)21-5/h8H,6-7H2,1-5H3,(H,14,16)(H,15,17). The summed E-state index contributed by atoms with van der Waals surface area (Å²) >= 11 is 0. The third kappa shape index (κ3) is 3.71. The summed E-state index contributed by atoms with van der Waals surface area (Å²) in [6, 6.07) is 0. The van der Waals surface area contributed by atoms with Gasteiger partial charge in [-0.05, 0) is 5.92 Å². The zero-order valence-corrected chi connectivity index (χ0v) is 12.9. The number of methoxy groups -OCH3 is 2. The van der Waals surface area contributed by atoms with Crippen LogP contribution in [-0.4, -0.2) is 51.6 Å². The first-order chi connectivity index (χ1) is 9.82. The summed E-state index contributed by atoms with van der Waals surface area (Å²) in [6.07, 6.45) is 0.781.